The van der Waals surface area contributed by atoms with Crippen LogP contribution in [0.2, 0.25) is 0 Å². The van der Waals surface area contributed by atoms with E-state index in [0.717, 1.165) is 17.7 Å². The molecule has 2 heterocycles. The van der Waals surface area contributed by atoms with Gasteiger partial charge in [-0.1, -0.05) is 48.2 Å². The van der Waals surface area contributed by atoms with Gasteiger partial charge >= 0.3 is 0 Å². The second-order valence-corrected chi connectivity index (χ2v) is 6.94. The molecule has 1 unspecified atom stereocenters. The summed E-state index contributed by atoms with van der Waals surface area (Å²) in [5.74, 6) is 5.78. The fourth-order valence-corrected chi connectivity index (χ4v) is 3.14. The number of benzene rings is 2. The van der Waals surface area contributed by atoms with Crippen LogP contribution in [-0.2, 0) is 15.9 Å². The number of nitrogens with zero attached hydrogens (tertiary/aromatic N) is 1. The monoisotopic (exact) mass is 343 g/mol. The third-order valence-corrected chi connectivity index (χ3v) is 4.47. The summed E-state index contributed by atoms with van der Waals surface area (Å²) in [4.78, 5) is 4.57. The molecule has 1 aromatic heterocycles. The molecule has 26 heavy (non-hydrogen) atoms. The lowest BCUT2D eigenvalue weighted by molar-refractivity contribution is -0.132. The van der Waals surface area contributed by atoms with Crippen molar-refractivity contribution in [2.75, 3.05) is 6.61 Å². The number of rotatable bonds is 2. The second-order valence-electron chi connectivity index (χ2n) is 6.94. The summed E-state index contributed by atoms with van der Waals surface area (Å²) in [6.07, 6.45) is 2.52. The fourth-order valence-electron chi connectivity index (χ4n) is 3.14. The molecule has 3 heteroatoms. The summed E-state index contributed by atoms with van der Waals surface area (Å²) in [6.45, 7) is 4.33. The molecule has 0 radical (unpaired) electrons. The van der Waals surface area contributed by atoms with Gasteiger partial charge < -0.3 is 9.47 Å². The van der Waals surface area contributed by atoms with E-state index in [0.29, 0.717) is 6.61 Å². The van der Waals surface area contributed by atoms with E-state index < -0.39 is 5.79 Å². The SMILES string of the molecule is CC1(C)OCC(C#Cc2ccc(Cc3nccc4ccccc34)cc2)O1. The van der Waals surface area contributed by atoms with Crippen molar-refractivity contribution in [1.29, 1.82) is 0 Å². The Hall–Kier alpha value is -2.67. The molecule has 1 aliphatic rings. The Morgan fingerprint density at radius 3 is 2.65 bits per heavy atom. The number of fused-ring (bicyclic) bond motifs is 1. The van der Waals surface area contributed by atoms with E-state index in [1.165, 1.54) is 16.3 Å². The van der Waals surface area contributed by atoms with Crippen LogP contribution in [-0.4, -0.2) is 23.5 Å². The lowest BCUT2D eigenvalue weighted by Crippen LogP contribution is -2.20. The third-order valence-electron chi connectivity index (χ3n) is 4.47. The molecule has 0 N–H and O–H groups in total. The summed E-state index contributed by atoms with van der Waals surface area (Å²) in [5.41, 5.74) is 3.30. The smallest absolute Gasteiger partial charge is 0.164 e. The van der Waals surface area contributed by atoms with Crippen molar-refractivity contribution >= 4 is 10.8 Å². The van der Waals surface area contributed by atoms with Crippen molar-refractivity contribution in [2.45, 2.75) is 32.2 Å². The normalized spacial score (nSPS) is 18.5. The third kappa shape index (κ3) is 3.77. The van der Waals surface area contributed by atoms with Crippen LogP contribution in [0.15, 0.2) is 60.8 Å². The maximum absolute atomic E-state index is 5.71. The van der Waals surface area contributed by atoms with E-state index in [1.807, 2.05) is 26.1 Å². The van der Waals surface area contributed by atoms with E-state index in [1.54, 1.807) is 0 Å². The van der Waals surface area contributed by atoms with Crippen LogP contribution in [0.1, 0.15) is 30.7 Å². The molecule has 2 aromatic carbocycles. The standard InChI is InChI=1S/C23H21NO2/c1-23(2)25-16-20(26-23)12-11-17-7-9-18(10-8-17)15-22-21-6-4-3-5-19(21)13-14-24-22/h3-10,13-14,20H,15-16H2,1-2H3. The van der Waals surface area contributed by atoms with Gasteiger partial charge in [-0.25, -0.2) is 0 Å². The Balaban J connectivity index is 1.48. The molecule has 0 aliphatic carbocycles. The molecule has 1 aliphatic heterocycles. The van der Waals surface area contributed by atoms with Crippen molar-refractivity contribution in [3.8, 4) is 11.8 Å². The van der Waals surface area contributed by atoms with Crippen molar-refractivity contribution < 1.29 is 9.47 Å². The first-order chi connectivity index (χ1) is 12.6. The molecular formula is C23H21NO2. The summed E-state index contributed by atoms with van der Waals surface area (Å²) in [5, 5.41) is 2.43. The van der Waals surface area contributed by atoms with Crippen molar-refractivity contribution in [3.05, 3.63) is 77.6 Å². The van der Waals surface area contributed by atoms with Gasteiger partial charge in [0, 0.05) is 23.6 Å². The lowest BCUT2D eigenvalue weighted by atomic mass is 10.0. The Labute approximate surface area is 154 Å². The maximum Gasteiger partial charge on any atom is 0.164 e. The fraction of sp³-hybridized carbons (Fsp3) is 0.261. The average molecular weight is 343 g/mol. The van der Waals surface area contributed by atoms with E-state index in [2.05, 4.69) is 65.4 Å². The van der Waals surface area contributed by atoms with Crippen LogP contribution in [0.5, 0.6) is 0 Å². The largest absolute Gasteiger partial charge is 0.347 e. The molecule has 3 aromatic rings. The zero-order valence-corrected chi connectivity index (χ0v) is 15.0. The Bertz CT molecular complexity index is 975. The van der Waals surface area contributed by atoms with Crippen LogP contribution in [0, 0.1) is 11.8 Å². The zero-order valence-electron chi connectivity index (χ0n) is 15.0. The quantitative estimate of drug-likeness (QED) is 0.649. The highest BCUT2D eigenvalue weighted by molar-refractivity contribution is 5.84. The van der Waals surface area contributed by atoms with Gasteiger partial charge in [0.2, 0.25) is 0 Å². The molecular weight excluding hydrogens is 322 g/mol. The minimum Gasteiger partial charge on any atom is -0.347 e. The number of hydrogen-bond acceptors (Lipinski definition) is 3. The highest BCUT2D eigenvalue weighted by atomic mass is 16.7. The van der Waals surface area contributed by atoms with Gasteiger partial charge in [-0.2, -0.15) is 0 Å². The van der Waals surface area contributed by atoms with E-state index in [-0.39, 0.29) is 6.10 Å². The number of hydrogen-bond donors (Lipinski definition) is 0. The molecule has 1 fully saturated rings. The maximum atomic E-state index is 5.71. The van der Waals surface area contributed by atoms with E-state index in [9.17, 15) is 0 Å². The van der Waals surface area contributed by atoms with E-state index >= 15 is 0 Å². The van der Waals surface area contributed by atoms with Crippen molar-refractivity contribution in [2.24, 2.45) is 0 Å². The molecule has 4 rings (SSSR count). The molecule has 1 saturated heterocycles. The van der Waals surface area contributed by atoms with Gasteiger partial charge in [0.05, 0.1) is 12.3 Å². The molecule has 130 valence electrons. The average Bonchev–Trinajstić information content (AvgIpc) is 3.00. The first-order valence-corrected chi connectivity index (χ1v) is 8.84. The Morgan fingerprint density at radius 1 is 1.08 bits per heavy atom. The summed E-state index contributed by atoms with van der Waals surface area (Å²) in [6, 6.07) is 18.7. The molecule has 0 bridgehead atoms. The summed E-state index contributed by atoms with van der Waals surface area (Å²) in [7, 11) is 0. The van der Waals surface area contributed by atoms with Crippen LogP contribution in [0.25, 0.3) is 10.8 Å². The number of pyridine rings is 1. The van der Waals surface area contributed by atoms with Crippen LogP contribution in [0.3, 0.4) is 0 Å². The highest BCUT2D eigenvalue weighted by Crippen LogP contribution is 2.22. The molecule has 3 nitrogen and oxygen atoms in total. The number of ether oxygens (including phenoxy) is 2. The molecule has 1 atom stereocenters. The van der Waals surface area contributed by atoms with Gasteiger partial charge in [-0.05, 0) is 43.0 Å². The molecule has 0 amide bonds. The Morgan fingerprint density at radius 2 is 1.88 bits per heavy atom. The predicted molar refractivity (Wildman–Crippen MR) is 103 cm³/mol. The van der Waals surface area contributed by atoms with Crippen molar-refractivity contribution in [3.63, 3.8) is 0 Å². The Kier molecular flexibility index (Phi) is 4.46. The first-order valence-electron chi connectivity index (χ1n) is 8.84. The minimum atomic E-state index is -0.533. The van der Waals surface area contributed by atoms with Gasteiger partial charge in [0.15, 0.2) is 5.79 Å². The highest BCUT2D eigenvalue weighted by Gasteiger charge is 2.31. The van der Waals surface area contributed by atoms with Crippen LogP contribution >= 0.6 is 0 Å². The summed E-state index contributed by atoms with van der Waals surface area (Å²) < 4.78 is 11.2. The summed E-state index contributed by atoms with van der Waals surface area (Å²) >= 11 is 0. The topological polar surface area (TPSA) is 31.4 Å². The van der Waals surface area contributed by atoms with Crippen molar-refractivity contribution in [1.82, 2.24) is 4.98 Å². The molecule has 0 saturated carbocycles. The number of aromatic nitrogens is 1. The van der Waals surface area contributed by atoms with Gasteiger partial charge in [0.1, 0.15) is 6.10 Å². The zero-order chi connectivity index (χ0) is 18.0. The lowest BCUT2D eigenvalue weighted by Gasteiger charge is -2.14. The van der Waals surface area contributed by atoms with E-state index in [4.69, 9.17) is 9.47 Å². The van der Waals surface area contributed by atoms with Crippen LogP contribution in [0.4, 0.5) is 0 Å². The van der Waals surface area contributed by atoms with Gasteiger partial charge in [-0.15, -0.1) is 0 Å². The first kappa shape index (κ1) is 16.8. The van der Waals surface area contributed by atoms with Gasteiger partial charge in [-0.3, -0.25) is 4.98 Å². The van der Waals surface area contributed by atoms with Gasteiger partial charge in [0.25, 0.3) is 0 Å². The second kappa shape index (κ2) is 6.92. The van der Waals surface area contributed by atoms with Crippen LogP contribution < -0.4 is 0 Å². The molecule has 0 spiro atoms. The minimum absolute atomic E-state index is 0.162. The predicted octanol–water partition coefficient (Wildman–Crippen LogP) is 4.33.